The number of rotatable bonds is 2. The number of benzene rings is 1. The number of imidazole rings is 1. The summed E-state index contributed by atoms with van der Waals surface area (Å²) >= 11 is 0. The van der Waals surface area contributed by atoms with Crippen molar-refractivity contribution >= 4 is 11.6 Å². The minimum Gasteiger partial charge on any atom is -0.487 e. The van der Waals surface area contributed by atoms with Crippen molar-refractivity contribution in [1.82, 2.24) is 15.3 Å². The van der Waals surface area contributed by atoms with Gasteiger partial charge in [-0.25, -0.2) is 4.98 Å². The van der Waals surface area contributed by atoms with Gasteiger partial charge in [0.1, 0.15) is 23.4 Å². The highest BCUT2D eigenvalue weighted by molar-refractivity contribution is 6.05. The van der Waals surface area contributed by atoms with Crippen molar-refractivity contribution < 1.29 is 9.53 Å². The average Bonchev–Trinajstić information content (AvgIpc) is 3.11. The molecule has 1 aromatic carbocycles. The predicted octanol–water partition coefficient (Wildman–Crippen LogP) is 2.30. The molecule has 1 saturated heterocycles. The van der Waals surface area contributed by atoms with Crippen LogP contribution in [0.25, 0.3) is 0 Å². The van der Waals surface area contributed by atoms with Crippen LogP contribution in [0, 0.1) is 0 Å². The van der Waals surface area contributed by atoms with Crippen molar-refractivity contribution in [3.05, 3.63) is 42.0 Å². The first-order chi connectivity index (χ1) is 11.7. The van der Waals surface area contributed by atoms with E-state index in [1.54, 1.807) is 11.1 Å². The fourth-order valence-electron chi connectivity index (χ4n) is 3.48. The second kappa shape index (κ2) is 6.28. The lowest BCUT2D eigenvalue weighted by molar-refractivity contribution is 0.0956. The Morgan fingerprint density at radius 1 is 1.29 bits per heavy atom. The van der Waals surface area contributed by atoms with Crippen LogP contribution < -0.4 is 15.0 Å². The van der Waals surface area contributed by atoms with E-state index >= 15 is 0 Å². The molecule has 0 bridgehead atoms. The molecule has 0 saturated carbocycles. The van der Waals surface area contributed by atoms with Crippen molar-refractivity contribution in [3.8, 4) is 5.75 Å². The third kappa shape index (κ3) is 2.78. The number of carbonyl (C=O) groups excluding carboxylic acids is 1. The normalized spacial score (nSPS) is 21.2. The van der Waals surface area contributed by atoms with Gasteiger partial charge in [-0.05, 0) is 45.0 Å². The van der Waals surface area contributed by atoms with Gasteiger partial charge in [0.2, 0.25) is 0 Å². The molecule has 1 fully saturated rings. The van der Waals surface area contributed by atoms with Crippen molar-refractivity contribution in [2.45, 2.75) is 31.8 Å². The summed E-state index contributed by atoms with van der Waals surface area (Å²) in [5, 5.41) is 3.35. The van der Waals surface area contributed by atoms with E-state index in [0.717, 1.165) is 43.2 Å². The summed E-state index contributed by atoms with van der Waals surface area (Å²) in [4.78, 5) is 22.5. The maximum absolute atomic E-state index is 13.0. The molecule has 2 aliphatic rings. The highest BCUT2D eigenvalue weighted by Crippen LogP contribution is 2.34. The number of anilines is 1. The van der Waals surface area contributed by atoms with E-state index in [0.29, 0.717) is 18.2 Å². The standard InChI is InChI=1S/C18H22N4O2/c1-12-11-22(15-4-2-3-5-16(15)24-12)18(23)14-10-20-17(21-14)13-6-8-19-9-7-13/h2-5,10,12-13,19H,6-9,11H2,1H3,(H,20,21). The van der Waals surface area contributed by atoms with E-state index in [4.69, 9.17) is 4.74 Å². The summed E-state index contributed by atoms with van der Waals surface area (Å²) in [7, 11) is 0. The number of nitrogens with zero attached hydrogens (tertiary/aromatic N) is 2. The molecule has 0 radical (unpaired) electrons. The Balaban J connectivity index is 1.59. The van der Waals surface area contributed by atoms with Gasteiger partial charge in [0.15, 0.2) is 0 Å². The molecule has 3 heterocycles. The number of aromatic amines is 1. The van der Waals surface area contributed by atoms with Crippen molar-refractivity contribution in [1.29, 1.82) is 0 Å². The van der Waals surface area contributed by atoms with Crippen LogP contribution in [0.4, 0.5) is 5.69 Å². The van der Waals surface area contributed by atoms with Gasteiger partial charge >= 0.3 is 0 Å². The fraction of sp³-hybridized carbons (Fsp3) is 0.444. The first kappa shape index (κ1) is 15.2. The lowest BCUT2D eigenvalue weighted by atomic mass is 9.98. The Hall–Kier alpha value is -2.34. The summed E-state index contributed by atoms with van der Waals surface area (Å²) < 4.78 is 5.82. The molecule has 2 aromatic rings. The molecule has 1 atom stereocenters. The van der Waals surface area contributed by atoms with Crippen LogP contribution in [-0.2, 0) is 0 Å². The molecule has 6 nitrogen and oxygen atoms in total. The lowest BCUT2D eigenvalue weighted by Crippen LogP contribution is -2.42. The first-order valence-corrected chi connectivity index (χ1v) is 8.55. The molecule has 126 valence electrons. The van der Waals surface area contributed by atoms with Gasteiger partial charge in [-0.15, -0.1) is 0 Å². The van der Waals surface area contributed by atoms with Crippen LogP contribution in [0.1, 0.15) is 42.0 Å². The number of hydrogen-bond acceptors (Lipinski definition) is 4. The van der Waals surface area contributed by atoms with Gasteiger partial charge < -0.3 is 15.0 Å². The zero-order valence-electron chi connectivity index (χ0n) is 13.8. The number of amides is 1. The van der Waals surface area contributed by atoms with E-state index < -0.39 is 0 Å². The molecule has 1 aromatic heterocycles. The van der Waals surface area contributed by atoms with Crippen LogP contribution in [0.2, 0.25) is 0 Å². The van der Waals surface area contributed by atoms with Gasteiger partial charge in [-0.1, -0.05) is 12.1 Å². The maximum Gasteiger partial charge on any atom is 0.276 e. The summed E-state index contributed by atoms with van der Waals surface area (Å²) in [6.07, 6.45) is 3.75. The summed E-state index contributed by atoms with van der Waals surface area (Å²) in [5.74, 6) is 2.03. The Morgan fingerprint density at radius 3 is 2.92 bits per heavy atom. The molecular weight excluding hydrogens is 304 g/mol. The second-order valence-corrected chi connectivity index (χ2v) is 6.52. The minimum atomic E-state index is -0.0507. The zero-order valence-corrected chi connectivity index (χ0v) is 13.8. The highest BCUT2D eigenvalue weighted by Gasteiger charge is 2.29. The summed E-state index contributed by atoms with van der Waals surface area (Å²) in [5.41, 5.74) is 1.37. The number of hydrogen-bond donors (Lipinski definition) is 2. The van der Waals surface area contributed by atoms with E-state index in [-0.39, 0.29) is 12.0 Å². The number of fused-ring (bicyclic) bond motifs is 1. The zero-order chi connectivity index (χ0) is 16.5. The van der Waals surface area contributed by atoms with Crippen LogP contribution in [0.15, 0.2) is 30.5 Å². The molecule has 24 heavy (non-hydrogen) atoms. The van der Waals surface area contributed by atoms with Gasteiger partial charge in [-0.3, -0.25) is 9.69 Å². The molecule has 1 amide bonds. The summed E-state index contributed by atoms with van der Waals surface area (Å²) in [6.45, 7) is 4.52. The molecule has 1 unspecified atom stereocenters. The number of carbonyl (C=O) groups is 1. The van der Waals surface area contributed by atoms with Crippen molar-refractivity contribution in [2.24, 2.45) is 0 Å². The smallest absolute Gasteiger partial charge is 0.276 e. The number of piperidine rings is 1. The minimum absolute atomic E-state index is 0.0318. The van der Waals surface area contributed by atoms with Crippen LogP contribution in [0.3, 0.4) is 0 Å². The number of H-pyrrole nitrogens is 1. The van der Waals surface area contributed by atoms with Gasteiger partial charge in [-0.2, -0.15) is 0 Å². The lowest BCUT2D eigenvalue weighted by Gasteiger charge is -2.33. The van der Waals surface area contributed by atoms with Crippen molar-refractivity contribution in [2.75, 3.05) is 24.5 Å². The molecule has 0 aliphatic carbocycles. The Labute approximate surface area is 141 Å². The highest BCUT2D eigenvalue weighted by atomic mass is 16.5. The number of para-hydroxylation sites is 2. The van der Waals surface area contributed by atoms with E-state index in [9.17, 15) is 4.79 Å². The van der Waals surface area contributed by atoms with Crippen molar-refractivity contribution in [3.63, 3.8) is 0 Å². The first-order valence-electron chi connectivity index (χ1n) is 8.55. The Morgan fingerprint density at radius 2 is 2.08 bits per heavy atom. The molecule has 2 N–H and O–H groups in total. The molecule has 6 heteroatoms. The van der Waals surface area contributed by atoms with E-state index in [1.807, 2.05) is 31.2 Å². The van der Waals surface area contributed by atoms with Crippen LogP contribution >= 0.6 is 0 Å². The van der Waals surface area contributed by atoms with Crippen LogP contribution in [-0.4, -0.2) is 41.6 Å². The average molecular weight is 326 g/mol. The summed E-state index contributed by atoms with van der Waals surface area (Å²) in [6, 6.07) is 7.67. The topological polar surface area (TPSA) is 70.2 Å². The predicted molar refractivity (Wildman–Crippen MR) is 91.6 cm³/mol. The number of aromatic nitrogens is 2. The fourth-order valence-corrected chi connectivity index (χ4v) is 3.48. The van der Waals surface area contributed by atoms with E-state index in [2.05, 4.69) is 15.3 Å². The van der Waals surface area contributed by atoms with Gasteiger partial charge in [0, 0.05) is 5.92 Å². The van der Waals surface area contributed by atoms with Gasteiger partial charge in [0.25, 0.3) is 5.91 Å². The Kier molecular flexibility index (Phi) is 3.98. The second-order valence-electron chi connectivity index (χ2n) is 6.52. The molecular formula is C18H22N4O2. The molecule has 0 spiro atoms. The number of nitrogens with one attached hydrogen (secondary N) is 2. The van der Waals surface area contributed by atoms with E-state index in [1.165, 1.54) is 0 Å². The third-order valence-corrected chi connectivity index (χ3v) is 4.72. The van der Waals surface area contributed by atoms with Gasteiger partial charge in [0.05, 0.1) is 18.4 Å². The molecule has 4 rings (SSSR count). The molecule has 2 aliphatic heterocycles. The largest absolute Gasteiger partial charge is 0.487 e. The quantitative estimate of drug-likeness (QED) is 0.888. The van der Waals surface area contributed by atoms with Crippen LogP contribution in [0.5, 0.6) is 5.75 Å². The monoisotopic (exact) mass is 326 g/mol. The Bertz CT molecular complexity index is 736. The maximum atomic E-state index is 13.0. The number of ether oxygens (including phenoxy) is 1. The SMILES string of the molecule is CC1CN(C(=O)c2cnc(C3CCNCC3)[nH]2)c2ccccc2O1. The third-order valence-electron chi connectivity index (χ3n) is 4.72.